The summed E-state index contributed by atoms with van der Waals surface area (Å²) in [5.74, 6) is 1.04. The molecule has 0 aliphatic heterocycles. The maximum atomic E-state index is 9.12. The van der Waals surface area contributed by atoms with E-state index in [2.05, 4.69) is 11.1 Å². The van der Waals surface area contributed by atoms with Crippen molar-refractivity contribution in [3.8, 4) is 5.75 Å². The molecule has 1 aromatic carbocycles. The average molecular weight is 263 g/mol. The lowest BCUT2D eigenvalue weighted by Gasteiger charge is -2.03. The van der Waals surface area contributed by atoms with E-state index >= 15 is 0 Å². The Hall–Kier alpha value is -1.39. The van der Waals surface area contributed by atoms with Crippen molar-refractivity contribution in [1.82, 2.24) is 4.98 Å². The minimum Gasteiger partial charge on any atom is -0.497 e. The predicted octanol–water partition coefficient (Wildman–Crippen LogP) is 2.84. The molecule has 4 heteroatoms. The van der Waals surface area contributed by atoms with Crippen molar-refractivity contribution < 1.29 is 9.84 Å². The fraction of sp³-hybridized carbons (Fsp3) is 0.357. The van der Waals surface area contributed by atoms with Gasteiger partial charge in [0.05, 0.1) is 18.7 Å². The summed E-state index contributed by atoms with van der Waals surface area (Å²) in [5, 5.41) is 10.2. The average Bonchev–Trinajstić information content (AvgIpc) is 2.86. The molecule has 18 heavy (non-hydrogen) atoms. The van der Waals surface area contributed by atoms with E-state index in [1.807, 2.05) is 31.3 Å². The Balaban J connectivity index is 2.11. The van der Waals surface area contributed by atoms with E-state index in [9.17, 15) is 0 Å². The lowest BCUT2D eigenvalue weighted by Crippen LogP contribution is -1.94. The fourth-order valence-electron chi connectivity index (χ4n) is 1.68. The molecule has 2 rings (SSSR count). The van der Waals surface area contributed by atoms with Gasteiger partial charge >= 0.3 is 0 Å². The number of nitrogens with zero attached hydrogens (tertiary/aromatic N) is 1. The molecule has 3 nitrogen and oxygen atoms in total. The number of ether oxygens (including phenoxy) is 1. The van der Waals surface area contributed by atoms with E-state index in [1.165, 1.54) is 5.56 Å². The number of aromatic nitrogens is 1. The molecule has 0 aliphatic carbocycles. The predicted molar refractivity (Wildman–Crippen MR) is 73.4 cm³/mol. The number of aliphatic hydroxyl groups excluding tert-OH is 1. The molecule has 1 atom stereocenters. The lowest BCUT2D eigenvalue weighted by molar-refractivity contribution is 0.274. The van der Waals surface area contributed by atoms with Gasteiger partial charge in [0.15, 0.2) is 0 Å². The first kappa shape index (κ1) is 13.1. The standard InChI is InChI=1S/C14H17NO2S/c1-10(9-16)13-8-15-14(18-13)7-11-4-3-5-12(6-11)17-2/h3-6,8,10,16H,7,9H2,1-2H3. The highest BCUT2D eigenvalue weighted by atomic mass is 32.1. The molecule has 0 radical (unpaired) electrons. The highest BCUT2D eigenvalue weighted by Gasteiger charge is 2.09. The lowest BCUT2D eigenvalue weighted by atomic mass is 10.1. The number of methoxy groups -OCH3 is 1. The third-order valence-corrected chi connectivity index (χ3v) is 4.05. The molecular weight excluding hydrogens is 246 g/mol. The van der Waals surface area contributed by atoms with Gasteiger partial charge < -0.3 is 9.84 Å². The van der Waals surface area contributed by atoms with E-state index in [0.29, 0.717) is 0 Å². The topological polar surface area (TPSA) is 42.4 Å². The highest BCUT2D eigenvalue weighted by Crippen LogP contribution is 2.24. The number of hydrogen-bond donors (Lipinski definition) is 1. The third-order valence-electron chi connectivity index (χ3n) is 2.82. The van der Waals surface area contributed by atoms with Gasteiger partial charge in [0.1, 0.15) is 5.75 Å². The summed E-state index contributed by atoms with van der Waals surface area (Å²) in [7, 11) is 1.67. The Kier molecular flexibility index (Phi) is 4.33. The number of benzene rings is 1. The summed E-state index contributed by atoms with van der Waals surface area (Å²) in [4.78, 5) is 5.54. The van der Waals surface area contributed by atoms with Gasteiger partial charge in [-0.05, 0) is 17.7 Å². The molecule has 0 saturated carbocycles. The Bertz CT molecular complexity index is 510. The van der Waals surface area contributed by atoms with Gasteiger partial charge in [-0.25, -0.2) is 4.98 Å². The Labute approximate surface area is 111 Å². The smallest absolute Gasteiger partial charge is 0.119 e. The molecule has 0 fully saturated rings. The van der Waals surface area contributed by atoms with Crippen molar-refractivity contribution in [2.24, 2.45) is 0 Å². The van der Waals surface area contributed by atoms with Crippen LogP contribution in [0.25, 0.3) is 0 Å². The van der Waals surface area contributed by atoms with Gasteiger partial charge in [0.2, 0.25) is 0 Å². The zero-order chi connectivity index (χ0) is 13.0. The summed E-state index contributed by atoms with van der Waals surface area (Å²) < 4.78 is 5.20. The molecule has 1 N–H and O–H groups in total. The Morgan fingerprint density at radius 3 is 3.00 bits per heavy atom. The summed E-state index contributed by atoms with van der Waals surface area (Å²) in [6.07, 6.45) is 2.67. The van der Waals surface area contributed by atoms with Crippen LogP contribution in [0, 0.1) is 0 Å². The summed E-state index contributed by atoms with van der Waals surface area (Å²) in [5.41, 5.74) is 1.19. The SMILES string of the molecule is COc1cccc(Cc2ncc(C(C)CO)s2)c1. The Morgan fingerprint density at radius 1 is 1.44 bits per heavy atom. The summed E-state index contributed by atoms with van der Waals surface area (Å²) in [6.45, 7) is 2.17. The first-order chi connectivity index (χ1) is 8.72. The number of thiazole rings is 1. The molecule has 2 aromatic rings. The van der Waals surface area contributed by atoms with E-state index in [0.717, 1.165) is 22.1 Å². The number of aliphatic hydroxyl groups is 1. The summed E-state index contributed by atoms with van der Waals surface area (Å²) in [6, 6.07) is 8.01. The zero-order valence-electron chi connectivity index (χ0n) is 10.6. The molecule has 1 unspecified atom stereocenters. The van der Waals surface area contributed by atoms with E-state index in [-0.39, 0.29) is 12.5 Å². The monoisotopic (exact) mass is 263 g/mol. The van der Waals surface area contributed by atoms with Crippen molar-refractivity contribution in [3.63, 3.8) is 0 Å². The quantitative estimate of drug-likeness (QED) is 0.902. The van der Waals surface area contributed by atoms with Crippen molar-refractivity contribution in [3.05, 3.63) is 45.9 Å². The van der Waals surface area contributed by atoms with Crippen LogP contribution in [0.2, 0.25) is 0 Å². The van der Waals surface area contributed by atoms with Gasteiger partial charge in [-0.15, -0.1) is 11.3 Å². The minimum absolute atomic E-state index is 0.167. The number of rotatable bonds is 5. The number of hydrogen-bond acceptors (Lipinski definition) is 4. The first-order valence-corrected chi connectivity index (χ1v) is 6.73. The molecule has 96 valence electrons. The molecular formula is C14H17NO2S. The normalized spacial score (nSPS) is 12.4. The summed E-state index contributed by atoms with van der Waals surface area (Å²) >= 11 is 1.66. The molecule has 0 spiro atoms. The second-order valence-corrected chi connectivity index (χ2v) is 5.42. The largest absolute Gasteiger partial charge is 0.497 e. The van der Waals surface area contributed by atoms with Crippen LogP contribution >= 0.6 is 11.3 Å². The maximum absolute atomic E-state index is 9.12. The van der Waals surface area contributed by atoms with E-state index < -0.39 is 0 Å². The Morgan fingerprint density at radius 2 is 2.28 bits per heavy atom. The van der Waals surface area contributed by atoms with Crippen LogP contribution in [0.4, 0.5) is 0 Å². The van der Waals surface area contributed by atoms with Crippen LogP contribution in [0.15, 0.2) is 30.5 Å². The highest BCUT2D eigenvalue weighted by molar-refractivity contribution is 7.11. The van der Waals surface area contributed by atoms with Gasteiger partial charge in [-0.1, -0.05) is 19.1 Å². The van der Waals surface area contributed by atoms with Crippen LogP contribution in [0.3, 0.4) is 0 Å². The van der Waals surface area contributed by atoms with Crippen molar-refractivity contribution >= 4 is 11.3 Å². The van der Waals surface area contributed by atoms with Gasteiger partial charge in [-0.3, -0.25) is 0 Å². The minimum atomic E-state index is 0.167. The fourth-order valence-corrected chi connectivity index (χ4v) is 2.68. The first-order valence-electron chi connectivity index (χ1n) is 5.91. The van der Waals surface area contributed by atoms with Crippen LogP contribution in [0.1, 0.15) is 28.3 Å². The van der Waals surface area contributed by atoms with E-state index in [4.69, 9.17) is 9.84 Å². The van der Waals surface area contributed by atoms with Gasteiger partial charge in [-0.2, -0.15) is 0 Å². The zero-order valence-corrected chi connectivity index (χ0v) is 11.4. The van der Waals surface area contributed by atoms with Crippen molar-refractivity contribution in [2.45, 2.75) is 19.3 Å². The van der Waals surface area contributed by atoms with Gasteiger partial charge in [0.25, 0.3) is 0 Å². The molecule has 1 heterocycles. The van der Waals surface area contributed by atoms with Crippen LogP contribution in [-0.4, -0.2) is 23.8 Å². The molecule has 1 aromatic heterocycles. The van der Waals surface area contributed by atoms with Gasteiger partial charge in [0, 0.05) is 23.4 Å². The maximum Gasteiger partial charge on any atom is 0.119 e. The van der Waals surface area contributed by atoms with Crippen LogP contribution in [0.5, 0.6) is 5.75 Å². The molecule has 0 aliphatic rings. The van der Waals surface area contributed by atoms with Crippen LogP contribution < -0.4 is 4.74 Å². The second kappa shape index (κ2) is 5.98. The molecule has 0 saturated heterocycles. The van der Waals surface area contributed by atoms with Crippen LogP contribution in [-0.2, 0) is 6.42 Å². The van der Waals surface area contributed by atoms with E-state index in [1.54, 1.807) is 18.4 Å². The molecule has 0 amide bonds. The van der Waals surface area contributed by atoms with Crippen molar-refractivity contribution in [2.75, 3.05) is 13.7 Å². The third kappa shape index (κ3) is 3.09. The molecule has 0 bridgehead atoms. The second-order valence-electron chi connectivity index (χ2n) is 4.27. The van der Waals surface area contributed by atoms with Crippen molar-refractivity contribution in [1.29, 1.82) is 0 Å².